The smallest absolute Gasteiger partial charge is 0.203 e. The summed E-state index contributed by atoms with van der Waals surface area (Å²) in [6, 6.07) is 11.2. The highest BCUT2D eigenvalue weighted by atomic mass is 16.3. The van der Waals surface area contributed by atoms with E-state index < -0.39 is 0 Å². The van der Waals surface area contributed by atoms with Crippen LogP contribution in [0.15, 0.2) is 36.4 Å². The highest BCUT2D eigenvalue weighted by molar-refractivity contribution is 5.97. The first kappa shape index (κ1) is 23.8. The van der Waals surface area contributed by atoms with E-state index in [0.717, 1.165) is 22.2 Å². The van der Waals surface area contributed by atoms with Crippen molar-refractivity contribution in [1.82, 2.24) is 9.13 Å². The number of hydrogen-bond donors (Lipinski definition) is 3. The Morgan fingerprint density at radius 2 is 1.44 bits per heavy atom. The molecular weight excluding hydrogens is 402 g/mol. The van der Waals surface area contributed by atoms with Gasteiger partial charge in [-0.2, -0.15) is 0 Å². The summed E-state index contributed by atoms with van der Waals surface area (Å²) in [7, 11) is 0. The molecule has 0 spiro atoms. The van der Waals surface area contributed by atoms with Gasteiger partial charge in [-0.3, -0.25) is 10.2 Å². The number of phenolic OH excluding ortho intramolecular Hbond substituents is 1. The molecule has 0 saturated carbocycles. The van der Waals surface area contributed by atoms with Crippen molar-refractivity contribution in [3.05, 3.63) is 58.7 Å². The van der Waals surface area contributed by atoms with E-state index in [9.17, 15) is 15.0 Å². The lowest BCUT2D eigenvalue weighted by molar-refractivity contribution is 0.0971. The van der Waals surface area contributed by atoms with Crippen LogP contribution in [0.2, 0.25) is 0 Å². The van der Waals surface area contributed by atoms with E-state index in [2.05, 4.69) is 0 Å². The Labute approximate surface area is 189 Å². The van der Waals surface area contributed by atoms with Crippen LogP contribution < -0.4 is 5.62 Å². The van der Waals surface area contributed by atoms with Crippen LogP contribution in [0.3, 0.4) is 0 Å². The topological polar surface area (TPSA) is 91.2 Å². The molecular formula is C26H35N3O3. The van der Waals surface area contributed by atoms with Crippen LogP contribution in [0, 0.1) is 5.41 Å². The fourth-order valence-corrected chi connectivity index (χ4v) is 4.08. The molecule has 6 heteroatoms. The van der Waals surface area contributed by atoms with E-state index in [1.54, 1.807) is 16.7 Å². The monoisotopic (exact) mass is 437 g/mol. The van der Waals surface area contributed by atoms with Crippen molar-refractivity contribution >= 4 is 16.8 Å². The number of aryl methyl sites for hydroxylation is 1. The van der Waals surface area contributed by atoms with Gasteiger partial charge in [0, 0.05) is 29.8 Å². The van der Waals surface area contributed by atoms with E-state index in [1.807, 2.05) is 70.4 Å². The molecule has 2 aromatic carbocycles. The lowest BCUT2D eigenvalue weighted by Crippen LogP contribution is -2.28. The number of ketones is 1. The molecule has 0 fully saturated rings. The fraction of sp³-hybridized carbons (Fsp3) is 0.462. The maximum absolute atomic E-state index is 13.5. The molecule has 1 heterocycles. The minimum Gasteiger partial charge on any atom is -0.507 e. The number of nitrogens with one attached hydrogen (secondary N) is 1. The summed E-state index contributed by atoms with van der Waals surface area (Å²) in [6.07, 6.45) is 0.542. The van der Waals surface area contributed by atoms with Crippen LogP contribution >= 0.6 is 0 Å². The first-order valence-electron chi connectivity index (χ1n) is 11.1. The number of para-hydroxylation sites is 2. The Morgan fingerprint density at radius 1 is 0.938 bits per heavy atom. The lowest BCUT2D eigenvalue weighted by Gasteiger charge is -2.28. The molecule has 3 aromatic rings. The van der Waals surface area contributed by atoms with Crippen molar-refractivity contribution in [3.8, 4) is 5.75 Å². The summed E-state index contributed by atoms with van der Waals surface area (Å²) in [5, 5.41) is 28.9. The molecule has 0 aliphatic rings. The Kier molecular flexibility index (Phi) is 6.38. The van der Waals surface area contributed by atoms with Gasteiger partial charge in [0.2, 0.25) is 5.62 Å². The standard InChI is InChI=1S/C26H35N3O3/c1-25(2,3)18-14-17(15-19(23(18)32)26(4,5)6)22(31)16-29-21-11-8-7-10-20(21)28(24(29)27)12-9-13-30/h7-8,10-11,14-15,27,30,32H,9,12-13,16H2,1-6H3. The fourth-order valence-electron chi connectivity index (χ4n) is 4.08. The third-order valence-electron chi connectivity index (χ3n) is 5.86. The molecule has 0 amide bonds. The Bertz CT molecular complexity index is 1170. The zero-order valence-corrected chi connectivity index (χ0v) is 20.0. The highest BCUT2D eigenvalue weighted by Gasteiger charge is 2.28. The van der Waals surface area contributed by atoms with Crippen molar-refractivity contribution < 1.29 is 15.0 Å². The molecule has 0 bridgehead atoms. The van der Waals surface area contributed by atoms with E-state index in [1.165, 1.54) is 0 Å². The predicted octanol–water partition coefficient (Wildman–Crippen LogP) is 4.49. The summed E-state index contributed by atoms with van der Waals surface area (Å²) in [5.41, 5.74) is 3.30. The van der Waals surface area contributed by atoms with E-state index in [4.69, 9.17) is 5.41 Å². The van der Waals surface area contributed by atoms with Crippen molar-refractivity contribution in [2.45, 2.75) is 71.9 Å². The average Bonchev–Trinajstić information content (AvgIpc) is 2.96. The van der Waals surface area contributed by atoms with Gasteiger partial charge in [0.05, 0.1) is 17.6 Å². The third kappa shape index (κ3) is 4.51. The maximum atomic E-state index is 13.5. The van der Waals surface area contributed by atoms with Crippen LogP contribution in [0.1, 0.15) is 69.4 Å². The van der Waals surface area contributed by atoms with Gasteiger partial charge in [-0.05, 0) is 41.5 Å². The van der Waals surface area contributed by atoms with Gasteiger partial charge in [0.1, 0.15) is 5.75 Å². The molecule has 0 atom stereocenters. The van der Waals surface area contributed by atoms with Gasteiger partial charge >= 0.3 is 0 Å². The molecule has 1 aromatic heterocycles. The number of carbonyl (C=O) groups excluding carboxylic acids is 1. The summed E-state index contributed by atoms with van der Waals surface area (Å²) in [5.74, 6) is 0.139. The molecule has 3 rings (SSSR count). The number of aliphatic hydroxyl groups excluding tert-OH is 1. The van der Waals surface area contributed by atoms with Crippen LogP contribution in [-0.2, 0) is 23.9 Å². The van der Waals surface area contributed by atoms with E-state index >= 15 is 0 Å². The number of benzene rings is 2. The van der Waals surface area contributed by atoms with Crippen molar-refractivity contribution in [2.75, 3.05) is 6.61 Å². The molecule has 0 unspecified atom stereocenters. The molecule has 0 aliphatic heterocycles. The van der Waals surface area contributed by atoms with E-state index in [-0.39, 0.29) is 41.1 Å². The van der Waals surface area contributed by atoms with Crippen LogP contribution in [0.4, 0.5) is 0 Å². The van der Waals surface area contributed by atoms with Gasteiger partial charge < -0.3 is 19.3 Å². The molecule has 32 heavy (non-hydrogen) atoms. The number of rotatable bonds is 6. The number of aromatic hydroxyl groups is 1. The average molecular weight is 438 g/mol. The number of hydrogen-bond acceptors (Lipinski definition) is 4. The van der Waals surface area contributed by atoms with Gasteiger partial charge in [0.25, 0.3) is 0 Å². The Balaban J connectivity index is 2.11. The minimum atomic E-state index is -0.325. The van der Waals surface area contributed by atoms with Crippen molar-refractivity contribution in [1.29, 1.82) is 5.41 Å². The summed E-state index contributed by atoms with van der Waals surface area (Å²) >= 11 is 0. The van der Waals surface area contributed by atoms with E-state index in [0.29, 0.717) is 18.5 Å². The second kappa shape index (κ2) is 8.58. The largest absolute Gasteiger partial charge is 0.507 e. The molecule has 0 aliphatic carbocycles. The number of fused-ring (bicyclic) bond motifs is 1. The SMILES string of the molecule is CC(C)(C)c1cc(C(=O)Cn2c(=N)n(CCCO)c3ccccc32)cc(C(C)(C)C)c1O. The second-order valence-electron chi connectivity index (χ2n) is 10.5. The number of carbonyl (C=O) groups is 1. The van der Waals surface area contributed by atoms with Gasteiger partial charge in [-0.1, -0.05) is 53.7 Å². The van der Waals surface area contributed by atoms with Gasteiger partial charge in [-0.15, -0.1) is 0 Å². The van der Waals surface area contributed by atoms with Crippen molar-refractivity contribution in [3.63, 3.8) is 0 Å². The summed E-state index contributed by atoms with van der Waals surface area (Å²) in [6.45, 7) is 12.7. The number of aromatic nitrogens is 2. The second-order valence-corrected chi connectivity index (χ2v) is 10.5. The normalized spacial score (nSPS) is 12.5. The molecule has 0 radical (unpaired) electrons. The van der Waals surface area contributed by atoms with Gasteiger partial charge in [-0.25, -0.2) is 0 Å². The predicted molar refractivity (Wildman–Crippen MR) is 127 cm³/mol. The quantitative estimate of drug-likeness (QED) is 0.496. The lowest BCUT2D eigenvalue weighted by atomic mass is 9.78. The maximum Gasteiger partial charge on any atom is 0.203 e. The van der Waals surface area contributed by atoms with Crippen LogP contribution in [0.5, 0.6) is 5.75 Å². The van der Waals surface area contributed by atoms with Crippen LogP contribution in [-0.4, -0.2) is 31.7 Å². The molecule has 0 saturated heterocycles. The number of Topliss-reactive ketones (excluding diaryl/α,β-unsaturated/α-hetero) is 1. The molecule has 6 nitrogen and oxygen atoms in total. The number of aliphatic hydroxyl groups is 1. The highest BCUT2D eigenvalue weighted by Crippen LogP contribution is 2.40. The Hall–Kier alpha value is -2.86. The van der Waals surface area contributed by atoms with Gasteiger partial charge in [0.15, 0.2) is 5.78 Å². The molecule has 3 N–H and O–H groups in total. The molecule has 172 valence electrons. The first-order chi connectivity index (χ1) is 14.9. The number of phenols is 1. The van der Waals surface area contributed by atoms with Crippen LogP contribution in [0.25, 0.3) is 11.0 Å². The summed E-state index contributed by atoms with van der Waals surface area (Å²) < 4.78 is 3.55. The first-order valence-corrected chi connectivity index (χ1v) is 11.1. The zero-order chi connectivity index (χ0) is 23.8. The third-order valence-corrected chi connectivity index (χ3v) is 5.86. The Morgan fingerprint density at radius 3 is 1.91 bits per heavy atom. The zero-order valence-electron chi connectivity index (χ0n) is 20.0. The number of imidazole rings is 1. The minimum absolute atomic E-state index is 0.0312. The number of nitrogens with zero attached hydrogens (tertiary/aromatic N) is 2. The van der Waals surface area contributed by atoms with Crippen molar-refractivity contribution in [2.24, 2.45) is 0 Å². The summed E-state index contributed by atoms with van der Waals surface area (Å²) in [4.78, 5) is 13.5.